The van der Waals surface area contributed by atoms with Crippen LogP contribution in [0.3, 0.4) is 0 Å². The van der Waals surface area contributed by atoms with E-state index in [1.807, 2.05) is 24.3 Å². The second kappa shape index (κ2) is 3.37. The van der Waals surface area contributed by atoms with Crippen molar-refractivity contribution < 1.29 is 4.52 Å². The number of halogens is 1. The maximum absolute atomic E-state index is 4.88. The molecule has 0 aliphatic rings. The largest absolute Gasteiger partial charge is 0.480 e. The molecule has 1 atom stereocenters. The third kappa shape index (κ3) is 2.11. The number of hydrogen-bond acceptors (Lipinski definition) is 1. The Labute approximate surface area is 70.2 Å². The van der Waals surface area contributed by atoms with Crippen LogP contribution in [0, 0.1) is 3.57 Å². The van der Waals surface area contributed by atoms with E-state index < -0.39 is 0 Å². The summed E-state index contributed by atoms with van der Waals surface area (Å²) in [7, 11) is 2.21. The molecule has 0 saturated heterocycles. The molecular formula is C6H6IOP. The van der Waals surface area contributed by atoms with E-state index in [0.29, 0.717) is 0 Å². The fourth-order valence-electron chi connectivity index (χ4n) is 0.513. The second-order valence-electron chi connectivity index (χ2n) is 1.57. The lowest BCUT2D eigenvalue weighted by Gasteiger charge is -1.95. The third-order valence-electron chi connectivity index (χ3n) is 0.950. The van der Waals surface area contributed by atoms with E-state index in [-0.39, 0.29) is 0 Å². The topological polar surface area (TPSA) is 9.23 Å². The molecule has 1 unspecified atom stereocenters. The fourth-order valence-corrected chi connectivity index (χ4v) is 1.03. The lowest BCUT2D eigenvalue weighted by molar-refractivity contribution is 0.646. The van der Waals surface area contributed by atoms with Gasteiger partial charge in [0.15, 0.2) is 0 Å². The zero-order valence-corrected chi connectivity index (χ0v) is 7.99. The van der Waals surface area contributed by atoms with Crippen LogP contribution in [-0.2, 0) is 0 Å². The minimum Gasteiger partial charge on any atom is -0.480 e. The summed E-state index contributed by atoms with van der Waals surface area (Å²) in [4.78, 5) is 0. The van der Waals surface area contributed by atoms with Gasteiger partial charge in [0.1, 0.15) is 5.75 Å². The van der Waals surface area contributed by atoms with Gasteiger partial charge in [-0.3, -0.25) is 0 Å². The molecule has 0 aromatic heterocycles. The van der Waals surface area contributed by atoms with Crippen LogP contribution in [0.15, 0.2) is 24.3 Å². The van der Waals surface area contributed by atoms with Gasteiger partial charge < -0.3 is 4.52 Å². The van der Waals surface area contributed by atoms with Crippen molar-refractivity contribution >= 4 is 32.1 Å². The first-order chi connectivity index (χ1) is 4.33. The molecule has 1 aromatic rings. The number of rotatable bonds is 1. The summed E-state index contributed by atoms with van der Waals surface area (Å²) >= 11 is 2.25. The standard InChI is InChI=1S/C6H6IOP/c7-5-1-3-6(8-9)4-2-5/h1-4H,9H2. The molecule has 1 aromatic carbocycles. The predicted molar refractivity (Wildman–Crippen MR) is 49.5 cm³/mol. The normalized spacial score (nSPS) is 9.11. The Morgan fingerprint density at radius 1 is 1.22 bits per heavy atom. The Balaban J connectivity index is 2.88. The van der Waals surface area contributed by atoms with Gasteiger partial charge in [-0.2, -0.15) is 0 Å². The molecule has 3 heteroatoms. The number of benzene rings is 1. The molecule has 0 bridgehead atoms. The summed E-state index contributed by atoms with van der Waals surface area (Å²) in [5.41, 5.74) is 0. The van der Waals surface area contributed by atoms with Gasteiger partial charge in [0.2, 0.25) is 0 Å². The van der Waals surface area contributed by atoms with Crippen molar-refractivity contribution in [2.24, 2.45) is 0 Å². The highest BCUT2D eigenvalue weighted by atomic mass is 127. The average molecular weight is 252 g/mol. The Hall–Kier alpha value is 0.180. The predicted octanol–water partition coefficient (Wildman–Crippen LogP) is 2.46. The smallest absolute Gasteiger partial charge is 0.122 e. The second-order valence-corrected chi connectivity index (χ2v) is 3.05. The van der Waals surface area contributed by atoms with Crippen LogP contribution in [0.4, 0.5) is 0 Å². The van der Waals surface area contributed by atoms with Crippen LogP contribution in [0.5, 0.6) is 5.75 Å². The zero-order valence-electron chi connectivity index (χ0n) is 4.67. The van der Waals surface area contributed by atoms with E-state index in [4.69, 9.17) is 4.52 Å². The fraction of sp³-hybridized carbons (Fsp3) is 0. The van der Waals surface area contributed by atoms with E-state index in [1.54, 1.807) is 0 Å². The molecule has 0 fully saturated rings. The SMILES string of the molecule is POc1ccc(I)cc1. The monoisotopic (exact) mass is 252 g/mol. The van der Waals surface area contributed by atoms with Crippen LogP contribution in [-0.4, -0.2) is 0 Å². The van der Waals surface area contributed by atoms with Crippen molar-refractivity contribution in [3.05, 3.63) is 27.8 Å². The van der Waals surface area contributed by atoms with Crippen molar-refractivity contribution in [1.29, 1.82) is 0 Å². The molecule has 0 radical (unpaired) electrons. The van der Waals surface area contributed by atoms with E-state index in [9.17, 15) is 0 Å². The Morgan fingerprint density at radius 3 is 2.22 bits per heavy atom. The van der Waals surface area contributed by atoms with E-state index >= 15 is 0 Å². The van der Waals surface area contributed by atoms with E-state index in [1.165, 1.54) is 3.57 Å². The summed E-state index contributed by atoms with van der Waals surface area (Å²) in [5.74, 6) is 0.875. The first-order valence-electron chi connectivity index (χ1n) is 2.45. The zero-order chi connectivity index (χ0) is 6.69. The van der Waals surface area contributed by atoms with Crippen LogP contribution < -0.4 is 4.52 Å². The van der Waals surface area contributed by atoms with Gasteiger partial charge >= 0.3 is 0 Å². The minimum atomic E-state index is 0.875. The molecule has 0 spiro atoms. The Morgan fingerprint density at radius 2 is 1.78 bits per heavy atom. The van der Waals surface area contributed by atoms with E-state index in [0.717, 1.165) is 5.75 Å². The summed E-state index contributed by atoms with van der Waals surface area (Å²) < 4.78 is 6.10. The van der Waals surface area contributed by atoms with Crippen molar-refractivity contribution in [3.63, 3.8) is 0 Å². The molecule has 9 heavy (non-hydrogen) atoms. The number of hydrogen-bond donors (Lipinski definition) is 0. The minimum absolute atomic E-state index is 0.875. The van der Waals surface area contributed by atoms with Gasteiger partial charge in [-0.1, -0.05) is 0 Å². The van der Waals surface area contributed by atoms with Crippen LogP contribution in [0.2, 0.25) is 0 Å². The van der Waals surface area contributed by atoms with Gasteiger partial charge in [0, 0.05) is 3.57 Å². The van der Waals surface area contributed by atoms with E-state index in [2.05, 4.69) is 32.1 Å². The highest BCUT2D eigenvalue weighted by molar-refractivity contribution is 14.1. The summed E-state index contributed by atoms with van der Waals surface area (Å²) in [5, 5.41) is 0. The summed E-state index contributed by atoms with van der Waals surface area (Å²) in [6.45, 7) is 0. The highest BCUT2D eigenvalue weighted by Gasteiger charge is 1.86. The van der Waals surface area contributed by atoms with Crippen molar-refractivity contribution in [2.75, 3.05) is 0 Å². The highest BCUT2D eigenvalue weighted by Crippen LogP contribution is 2.14. The van der Waals surface area contributed by atoms with Crippen molar-refractivity contribution in [2.45, 2.75) is 0 Å². The molecule has 0 aliphatic heterocycles. The molecule has 0 aliphatic carbocycles. The molecule has 0 heterocycles. The van der Waals surface area contributed by atoms with Crippen LogP contribution in [0.1, 0.15) is 0 Å². The molecule has 48 valence electrons. The van der Waals surface area contributed by atoms with Crippen molar-refractivity contribution in [3.8, 4) is 5.75 Å². The van der Waals surface area contributed by atoms with Crippen molar-refractivity contribution in [1.82, 2.24) is 0 Å². The van der Waals surface area contributed by atoms with Gasteiger partial charge in [0.25, 0.3) is 0 Å². The van der Waals surface area contributed by atoms with Gasteiger partial charge in [-0.25, -0.2) is 0 Å². The molecule has 0 N–H and O–H groups in total. The summed E-state index contributed by atoms with van der Waals surface area (Å²) in [6.07, 6.45) is 0. The molecule has 1 rings (SSSR count). The molecular weight excluding hydrogens is 246 g/mol. The average Bonchev–Trinajstić information content (AvgIpc) is 1.90. The lowest BCUT2D eigenvalue weighted by atomic mass is 10.3. The Kier molecular flexibility index (Phi) is 2.73. The quantitative estimate of drug-likeness (QED) is 0.551. The lowest BCUT2D eigenvalue weighted by Crippen LogP contribution is -1.72. The Bertz CT molecular complexity index is 185. The van der Waals surface area contributed by atoms with Crippen LogP contribution >= 0.6 is 32.1 Å². The third-order valence-corrected chi connectivity index (χ3v) is 1.94. The van der Waals surface area contributed by atoms with Gasteiger partial charge in [-0.15, -0.1) is 0 Å². The first-order valence-corrected chi connectivity index (χ1v) is 4.00. The maximum atomic E-state index is 4.88. The van der Waals surface area contributed by atoms with Gasteiger partial charge in [-0.05, 0) is 46.9 Å². The summed E-state index contributed by atoms with van der Waals surface area (Å²) in [6, 6.07) is 7.85. The molecule has 0 amide bonds. The first kappa shape index (κ1) is 7.29. The van der Waals surface area contributed by atoms with Crippen LogP contribution in [0.25, 0.3) is 0 Å². The maximum Gasteiger partial charge on any atom is 0.122 e. The molecule has 1 nitrogen and oxygen atoms in total. The molecule has 0 saturated carbocycles. The van der Waals surface area contributed by atoms with Gasteiger partial charge in [0.05, 0.1) is 9.47 Å².